The van der Waals surface area contributed by atoms with Gasteiger partial charge < -0.3 is 0 Å². The van der Waals surface area contributed by atoms with Crippen molar-refractivity contribution in [2.24, 2.45) is 11.8 Å². The molecular formula is C24H14BrClN2O4. The van der Waals surface area contributed by atoms with E-state index in [0.29, 0.717) is 4.47 Å². The molecule has 0 radical (unpaired) electrons. The Morgan fingerprint density at radius 3 is 2.12 bits per heavy atom. The Morgan fingerprint density at radius 2 is 1.53 bits per heavy atom. The average molecular weight is 510 g/mol. The van der Waals surface area contributed by atoms with Crippen molar-refractivity contribution in [3.63, 3.8) is 0 Å². The number of rotatable bonds is 2. The minimum Gasteiger partial charge on any atom is -0.274 e. The summed E-state index contributed by atoms with van der Waals surface area (Å²) in [5.41, 5.74) is 3.15. The second kappa shape index (κ2) is 6.49. The normalized spacial score (nSPS) is 27.2. The highest BCUT2D eigenvalue weighted by Crippen LogP contribution is 2.66. The third-order valence-electron chi connectivity index (χ3n) is 6.89. The molecule has 7 rings (SSSR count). The van der Waals surface area contributed by atoms with Gasteiger partial charge in [-0.25, -0.2) is 4.90 Å². The summed E-state index contributed by atoms with van der Waals surface area (Å²) in [6.07, 6.45) is 0. The van der Waals surface area contributed by atoms with Gasteiger partial charge in [0, 0.05) is 16.5 Å². The number of amides is 2. The maximum atomic E-state index is 13.8. The van der Waals surface area contributed by atoms with Gasteiger partial charge in [0.1, 0.15) is 10.6 Å². The highest BCUT2D eigenvalue weighted by Gasteiger charge is 2.68. The lowest BCUT2D eigenvalue weighted by atomic mass is 9.54. The van der Waals surface area contributed by atoms with Gasteiger partial charge in [-0.3, -0.25) is 19.7 Å². The minimum atomic E-state index is -1.22. The Balaban J connectivity index is 1.61. The van der Waals surface area contributed by atoms with Crippen LogP contribution in [0.5, 0.6) is 0 Å². The number of nitro groups is 1. The highest BCUT2D eigenvalue weighted by atomic mass is 79.9. The Morgan fingerprint density at radius 1 is 0.938 bits per heavy atom. The van der Waals surface area contributed by atoms with Crippen molar-refractivity contribution in [3.8, 4) is 0 Å². The number of halogens is 2. The quantitative estimate of drug-likeness (QED) is 0.208. The van der Waals surface area contributed by atoms with Gasteiger partial charge in [-0.1, -0.05) is 64.5 Å². The van der Waals surface area contributed by atoms with E-state index in [-0.39, 0.29) is 17.3 Å². The van der Waals surface area contributed by atoms with Gasteiger partial charge in [0.25, 0.3) is 5.69 Å². The average Bonchev–Trinajstić information content (AvgIpc) is 3.06. The molecule has 4 aliphatic rings. The summed E-state index contributed by atoms with van der Waals surface area (Å²) in [6, 6.07) is 19.6. The van der Waals surface area contributed by atoms with E-state index < -0.39 is 33.4 Å². The number of imide groups is 1. The first-order valence-electron chi connectivity index (χ1n) is 10.0. The maximum Gasteiger partial charge on any atom is 0.294 e. The number of anilines is 1. The second-order valence-corrected chi connectivity index (χ2v) is 9.78. The number of alkyl halides is 1. The molecular weight excluding hydrogens is 496 g/mol. The summed E-state index contributed by atoms with van der Waals surface area (Å²) < 4.78 is 0.484. The molecule has 3 aliphatic carbocycles. The van der Waals surface area contributed by atoms with Crippen LogP contribution in [0.1, 0.15) is 28.2 Å². The number of carbonyl (C=O) groups is 2. The van der Waals surface area contributed by atoms with Crippen molar-refractivity contribution in [2.45, 2.75) is 10.8 Å². The topological polar surface area (TPSA) is 80.5 Å². The molecule has 3 aromatic rings. The monoisotopic (exact) mass is 508 g/mol. The van der Waals surface area contributed by atoms with Crippen LogP contribution >= 0.6 is 27.5 Å². The first kappa shape index (κ1) is 19.6. The second-order valence-electron chi connectivity index (χ2n) is 8.27. The lowest BCUT2D eigenvalue weighted by Crippen LogP contribution is -2.50. The lowest BCUT2D eigenvalue weighted by molar-refractivity contribution is -0.384. The summed E-state index contributed by atoms with van der Waals surface area (Å²) in [6.45, 7) is 0. The van der Waals surface area contributed by atoms with E-state index in [2.05, 4.69) is 15.9 Å². The van der Waals surface area contributed by atoms with Crippen molar-refractivity contribution in [1.29, 1.82) is 0 Å². The SMILES string of the molecule is O=C1[C@@H]2C3c4ccccc4C(Cl)(c4ccccc43)[C@@H]2C(=O)N1c1ccc(Br)cc1[N+](=O)[O-]. The van der Waals surface area contributed by atoms with Gasteiger partial charge in [0.2, 0.25) is 11.8 Å². The molecule has 1 aliphatic heterocycles. The van der Waals surface area contributed by atoms with Crippen LogP contribution in [0.3, 0.4) is 0 Å². The number of carbonyl (C=O) groups excluding carboxylic acids is 2. The van der Waals surface area contributed by atoms with E-state index in [1.165, 1.54) is 12.1 Å². The fraction of sp³-hybridized carbons (Fsp3) is 0.167. The van der Waals surface area contributed by atoms with Crippen LogP contribution in [0, 0.1) is 22.0 Å². The van der Waals surface area contributed by atoms with E-state index in [0.717, 1.165) is 27.2 Å². The van der Waals surface area contributed by atoms with Gasteiger partial charge in [-0.15, -0.1) is 11.6 Å². The van der Waals surface area contributed by atoms with Crippen LogP contribution < -0.4 is 4.90 Å². The molecule has 1 saturated heterocycles. The lowest BCUT2D eigenvalue weighted by Gasteiger charge is -2.50. The molecule has 0 saturated carbocycles. The van der Waals surface area contributed by atoms with Crippen LogP contribution in [0.2, 0.25) is 0 Å². The molecule has 0 spiro atoms. The fourth-order valence-corrected chi connectivity index (χ4v) is 6.67. The van der Waals surface area contributed by atoms with E-state index in [1.54, 1.807) is 6.07 Å². The minimum absolute atomic E-state index is 0.0321. The molecule has 1 fully saturated rings. The van der Waals surface area contributed by atoms with Gasteiger partial charge in [0.05, 0.1) is 16.8 Å². The zero-order chi connectivity index (χ0) is 22.4. The predicted octanol–water partition coefficient (Wildman–Crippen LogP) is 5.10. The van der Waals surface area contributed by atoms with Crippen molar-refractivity contribution in [3.05, 3.63) is 104 Å². The molecule has 8 heteroatoms. The first-order chi connectivity index (χ1) is 15.4. The Labute approximate surface area is 196 Å². The van der Waals surface area contributed by atoms with E-state index in [1.807, 2.05) is 48.5 Å². The van der Waals surface area contributed by atoms with Gasteiger partial charge in [0.15, 0.2) is 0 Å². The number of hydrogen-bond acceptors (Lipinski definition) is 4. The third kappa shape index (κ3) is 2.25. The van der Waals surface area contributed by atoms with Crippen molar-refractivity contribution >= 4 is 50.7 Å². The summed E-state index contributed by atoms with van der Waals surface area (Å²) in [5, 5.41) is 11.7. The predicted molar refractivity (Wildman–Crippen MR) is 122 cm³/mol. The number of hydrogen-bond donors (Lipinski definition) is 0. The first-order valence-corrected chi connectivity index (χ1v) is 11.2. The zero-order valence-corrected chi connectivity index (χ0v) is 18.7. The third-order valence-corrected chi connectivity index (χ3v) is 8.03. The number of benzene rings is 3. The van der Waals surface area contributed by atoms with Gasteiger partial charge in [-0.05, 0) is 34.4 Å². The summed E-state index contributed by atoms with van der Waals surface area (Å²) in [5.74, 6) is -2.88. The van der Waals surface area contributed by atoms with Crippen LogP contribution in [-0.4, -0.2) is 16.7 Å². The van der Waals surface area contributed by atoms with Crippen molar-refractivity contribution in [1.82, 2.24) is 0 Å². The standard InChI is InChI=1S/C24H14BrClN2O4/c25-12-9-10-17(18(11-12)28(31)32)27-22(29)20-19-13-5-1-3-7-15(13)24(26,21(20)23(27)30)16-8-4-2-6-14(16)19/h1-11,19-21H/t19?,20-,21+,24?/m1/s1. The molecule has 2 amide bonds. The molecule has 1 heterocycles. The summed E-state index contributed by atoms with van der Waals surface area (Å²) >= 11 is 10.6. The Kier molecular flexibility index (Phi) is 3.99. The van der Waals surface area contributed by atoms with E-state index >= 15 is 0 Å². The molecule has 3 aromatic carbocycles. The largest absolute Gasteiger partial charge is 0.294 e. The van der Waals surface area contributed by atoms with Crippen LogP contribution in [0.4, 0.5) is 11.4 Å². The molecule has 0 aromatic heterocycles. The van der Waals surface area contributed by atoms with Gasteiger partial charge >= 0.3 is 0 Å². The Bertz CT molecular complexity index is 1330. The van der Waals surface area contributed by atoms with Crippen LogP contribution in [0.25, 0.3) is 0 Å². The molecule has 0 unspecified atom stereocenters. The fourth-order valence-electron chi connectivity index (χ4n) is 5.75. The molecule has 32 heavy (non-hydrogen) atoms. The number of nitrogens with zero attached hydrogens (tertiary/aromatic N) is 2. The molecule has 2 atom stereocenters. The Hall–Kier alpha value is -3.03. The summed E-state index contributed by atoms with van der Waals surface area (Å²) in [4.78, 5) is 38.5. The van der Waals surface area contributed by atoms with Gasteiger partial charge in [-0.2, -0.15) is 0 Å². The number of nitro benzene ring substituents is 1. The smallest absolute Gasteiger partial charge is 0.274 e. The molecule has 2 bridgehead atoms. The van der Waals surface area contributed by atoms with Crippen LogP contribution in [0.15, 0.2) is 71.2 Å². The summed E-state index contributed by atoms with van der Waals surface area (Å²) in [7, 11) is 0. The highest BCUT2D eigenvalue weighted by molar-refractivity contribution is 9.10. The van der Waals surface area contributed by atoms with Crippen molar-refractivity contribution < 1.29 is 14.5 Å². The van der Waals surface area contributed by atoms with E-state index in [4.69, 9.17) is 11.6 Å². The maximum absolute atomic E-state index is 13.8. The zero-order valence-electron chi connectivity index (χ0n) is 16.4. The van der Waals surface area contributed by atoms with Crippen LogP contribution in [-0.2, 0) is 14.5 Å². The van der Waals surface area contributed by atoms with E-state index in [9.17, 15) is 19.7 Å². The molecule has 158 valence electrons. The van der Waals surface area contributed by atoms with Crippen molar-refractivity contribution in [2.75, 3.05) is 4.90 Å². The molecule has 6 nitrogen and oxygen atoms in total. The molecule has 0 N–H and O–H groups in total.